The summed E-state index contributed by atoms with van der Waals surface area (Å²) >= 11 is 0. The molecule has 1 saturated heterocycles. The van der Waals surface area contributed by atoms with Gasteiger partial charge in [-0.3, -0.25) is 19.9 Å². The fourth-order valence-corrected chi connectivity index (χ4v) is 2.42. The maximum Gasteiger partial charge on any atom is 0.233 e. The highest BCUT2D eigenvalue weighted by Crippen LogP contribution is 2.20. The summed E-state index contributed by atoms with van der Waals surface area (Å²) in [4.78, 5) is 25.0. The normalized spacial score (nSPS) is 22.3. The molecule has 6 nitrogen and oxygen atoms in total. The summed E-state index contributed by atoms with van der Waals surface area (Å²) in [6.45, 7) is 3.88. The van der Waals surface area contributed by atoms with Gasteiger partial charge in [0.25, 0.3) is 0 Å². The van der Waals surface area contributed by atoms with Crippen LogP contribution in [0.3, 0.4) is 0 Å². The molecule has 0 aromatic carbocycles. The maximum absolute atomic E-state index is 11.6. The van der Waals surface area contributed by atoms with E-state index in [-0.39, 0.29) is 17.7 Å². The average Bonchev–Trinajstić information content (AvgIpc) is 2.43. The van der Waals surface area contributed by atoms with Crippen molar-refractivity contribution in [1.82, 2.24) is 15.6 Å². The third-order valence-electron chi connectivity index (χ3n) is 3.64. The van der Waals surface area contributed by atoms with E-state index in [1.807, 2.05) is 0 Å². The Morgan fingerprint density at radius 1 is 1.50 bits per heavy atom. The van der Waals surface area contributed by atoms with E-state index in [1.54, 1.807) is 7.05 Å². The zero-order chi connectivity index (χ0) is 13.5. The Labute approximate surface area is 108 Å². The summed E-state index contributed by atoms with van der Waals surface area (Å²) in [6.07, 6.45) is 3.18. The minimum atomic E-state index is -0.137. The van der Waals surface area contributed by atoms with Crippen LogP contribution >= 0.6 is 0 Å². The number of carbonyl (C=O) groups is 2. The van der Waals surface area contributed by atoms with E-state index in [0.29, 0.717) is 12.5 Å². The maximum atomic E-state index is 11.6. The monoisotopic (exact) mass is 256 g/mol. The second-order valence-electron chi connectivity index (χ2n) is 4.90. The lowest BCUT2D eigenvalue weighted by Crippen LogP contribution is -2.46. The highest BCUT2D eigenvalue weighted by molar-refractivity contribution is 5.78. The molecule has 0 aliphatic carbocycles. The zero-order valence-corrected chi connectivity index (χ0v) is 11.2. The number of piperidine rings is 1. The van der Waals surface area contributed by atoms with E-state index in [1.165, 1.54) is 0 Å². The van der Waals surface area contributed by atoms with Gasteiger partial charge >= 0.3 is 0 Å². The summed E-state index contributed by atoms with van der Waals surface area (Å²) in [5, 5.41) is 2.71. The average molecular weight is 256 g/mol. The fraction of sp³-hybridized carbons (Fsp3) is 0.833. The molecule has 6 heteroatoms. The first-order valence-corrected chi connectivity index (χ1v) is 6.53. The van der Waals surface area contributed by atoms with Crippen LogP contribution in [0.2, 0.25) is 0 Å². The van der Waals surface area contributed by atoms with Gasteiger partial charge in [0.05, 0.1) is 5.92 Å². The largest absolute Gasteiger partial charge is 0.359 e. The number of amides is 2. The molecule has 0 radical (unpaired) electrons. The van der Waals surface area contributed by atoms with E-state index in [2.05, 4.69) is 22.6 Å². The summed E-state index contributed by atoms with van der Waals surface area (Å²) in [6, 6.07) is 0.301. The molecule has 18 heavy (non-hydrogen) atoms. The van der Waals surface area contributed by atoms with Gasteiger partial charge in [-0.2, -0.15) is 0 Å². The van der Waals surface area contributed by atoms with Gasteiger partial charge in [-0.05, 0) is 32.7 Å². The summed E-state index contributed by atoms with van der Waals surface area (Å²) in [5.74, 6) is 5.11. The van der Waals surface area contributed by atoms with E-state index < -0.39 is 0 Å². The molecule has 1 rings (SSSR count). The lowest BCUT2D eigenvalue weighted by molar-refractivity contribution is -0.127. The molecule has 2 atom stereocenters. The van der Waals surface area contributed by atoms with Crippen molar-refractivity contribution in [3.63, 3.8) is 0 Å². The number of hydrogen-bond acceptors (Lipinski definition) is 4. The Bertz CT molecular complexity index is 296. The Kier molecular flexibility index (Phi) is 6.07. The summed E-state index contributed by atoms with van der Waals surface area (Å²) < 4.78 is 0. The zero-order valence-electron chi connectivity index (χ0n) is 11.2. The Morgan fingerprint density at radius 2 is 2.22 bits per heavy atom. The van der Waals surface area contributed by atoms with Crippen LogP contribution in [0, 0.1) is 5.92 Å². The highest BCUT2D eigenvalue weighted by Gasteiger charge is 2.27. The number of carbonyl (C=O) groups excluding carboxylic acids is 2. The predicted molar refractivity (Wildman–Crippen MR) is 69.4 cm³/mol. The Hall–Kier alpha value is -1.14. The molecule has 2 unspecified atom stereocenters. The standard InChI is InChI=1S/C12H24N4O2/c1-9(5-6-11(17)15-13)16-7-3-4-10(8-16)12(18)14-2/h9-10H,3-8,13H2,1-2H3,(H,14,18)(H,15,17). The molecule has 1 heterocycles. The first-order chi connectivity index (χ1) is 8.58. The van der Waals surface area contributed by atoms with E-state index in [9.17, 15) is 9.59 Å². The van der Waals surface area contributed by atoms with Crippen LogP contribution in [0.4, 0.5) is 0 Å². The topological polar surface area (TPSA) is 87.5 Å². The lowest BCUT2D eigenvalue weighted by Gasteiger charge is -2.36. The molecule has 0 spiro atoms. The first-order valence-electron chi connectivity index (χ1n) is 6.53. The fourth-order valence-electron chi connectivity index (χ4n) is 2.42. The van der Waals surface area contributed by atoms with Gasteiger partial charge in [-0.1, -0.05) is 0 Å². The molecule has 1 aliphatic rings. The molecule has 4 N–H and O–H groups in total. The van der Waals surface area contributed by atoms with Gasteiger partial charge in [0.1, 0.15) is 0 Å². The third kappa shape index (κ3) is 4.27. The van der Waals surface area contributed by atoms with Crippen molar-refractivity contribution >= 4 is 11.8 Å². The lowest BCUT2D eigenvalue weighted by atomic mass is 9.95. The molecular formula is C12H24N4O2. The van der Waals surface area contributed by atoms with Crippen molar-refractivity contribution in [2.75, 3.05) is 20.1 Å². The van der Waals surface area contributed by atoms with Crippen molar-refractivity contribution in [3.05, 3.63) is 0 Å². The molecule has 1 fully saturated rings. The number of rotatable bonds is 5. The minimum absolute atomic E-state index is 0.0783. The molecule has 0 bridgehead atoms. The predicted octanol–water partition coefficient (Wildman–Crippen LogP) is -0.397. The number of nitrogens with two attached hydrogens (primary N) is 1. The molecule has 0 aromatic rings. The van der Waals surface area contributed by atoms with Crippen LogP contribution in [0.15, 0.2) is 0 Å². The van der Waals surface area contributed by atoms with Gasteiger partial charge in [0.15, 0.2) is 0 Å². The number of likely N-dealkylation sites (tertiary alicyclic amines) is 1. The van der Waals surface area contributed by atoms with Crippen LogP contribution in [0.1, 0.15) is 32.6 Å². The molecule has 1 aliphatic heterocycles. The Morgan fingerprint density at radius 3 is 2.83 bits per heavy atom. The van der Waals surface area contributed by atoms with Crippen molar-refractivity contribution in [2.24, 2.45) is 11.8 Å². The van der Waals surface area contributed by atoms with E-state index in [4.69, 9.17) is 5.84 Å². The smallest absolute Gasteiger partial charge is 0.233 e. The van der Waals surface area contributed by atoms with Crippen molar-refractivity contribution < 1.29 is 9.59 Å². The van der Waals surface area contributed by atoms with Crippen LogP contribution in [-0.4, -0.2) is 42.9 Å². The van der Waals surface area contributed by atoms with Crippen molar-refractivity contribution in [3.8, 4) is 0 Å². The molecule has 2 amide bonds. The number of nitrogens with one attached hydrogen (secondary N) is 2. The van der Waals surface area contributed by atoms with Gasteiger partial charge in [0.2, 0.25) is 11.8 Å². The van der Waals surface area contributed by atoms with E-state index >= 15 is 0 Å². The van der Waals surface area contributed by atoms with Crippen LogP contribution < -0.4 is 16.6 Å². The molecular weight excluding hydrogens is 232 g/mol. The summed E-state index contributed by atoms with van der Waals surface area (Å²) in [7, 11) is 1.68. The third-order valence-corrected chi connectivity index (χ3v) is 3.64. The minimum Gasteiger partial charge on any atom is -0.359 e. The molecule has 104 valence electrons. The number of hydrazine groups is 1. The quantitative estimate of drug-likeness (QED) is 0.355. The van der Waals surface area contributed by atoms with Crippen LogP contribution in [0.5, 0.6) is 0 Å². The van der Waals surface area contributed by atoms with Gasteiger partial charge in [-0.25, -0.2) is 5.84 Å². The first kappa shape index (κ1) is 14.9. The van der Waals surface area contributed by atoms with E-state index in [0.717, 1.165) is 32.4 Å². The van der Waals surface area contributed by atoms with Gasteiger partial charge in [-0.15, -0.1) is 0 Å². The van der Waals surface area contributed by atoms with Crippen LogP contribution in [-0.2, 0) is 9.59 Å². The number of hydrogen-bond donors (Lipinski definition) is 3. The Balaban J connectivity index is 2.40. The van der Waals surface area contributed by atoms with Gasteiger partial charge < -0.3 is 5.32 Å². The SMILES string of the molecule is CNC(=O)C1CCCN(C(C)CCC(=O)NN)C1. The number of nitrogens with zero attached hydrogens (tertiary/aromatic N) is 1. The van der Waals surface area contributed by atoms with Crippen LogP contribution in [0.25, 0.3) is 0 Å². The summed E-state index contributed by atoms with van der Waals surface area (Å²) in [5.41, 5.74) is 2.14. The van der Waals surface area contributed by atoms with Crippen molar-refractivity contribution in [2.45, 2.75) is 38.6 Å². The highest BCUT2D eigenvalue weighted by atomic mass is 16.2. The van der Waals surface area contributed by atoms with Gasteiger partial charge in [0, 0.05) is 26.1 Å². The second kappa shape index (κ2) is 7.33. The second-order valence-corrected chi connectivity index (χ2v) is 4.90. The van der Waals surface area contributed by atoms with Crippen molar-refractivity contribution in [1.29, 1.82) is 0 Å². The molecule has 0 saturated carbocycles. The molecule has 0 aromatic heterocycles.